The van der Waals surface area contributed by atoms with Gasteiger partial charge in [-0.3, -0.25) is 0 Å². The molecule has 0 aliphatic carbocycles. The van der Waals surface area contributed by atoms with Crippen molar-refractivity contribution in [3.8, 4) is 0 Å². The molecule has 3 nitrogen and oxygen atoms in total. The molecule has 1 heterocycles. The van der Waals surface area contributed by atoms with Crippen molar-refractivity contribution < 1.29 is 4.79 Å². The highest BCUT2D eigenvalue weighted by atomic mass is 79.9. The Bertz CT molecular complexity index is 498. The second-order valence-electron chi connectivity index (χ2n) is 3.40. The van der Waals surface area contributed by atoms with Gasteiger partial charge in [-0.1, -0.05) is 18.2 Å². The minimum Gasteiger partial charge on any atom is -0.333 e. The number of rotatable bonds is 3. The summed E-state index contributed by atoms with van der Waals surface area (Å²) < 4.78 is 1.04. The van der Waals surface area contributed by atoms with E-state index in [4.69, 9.17) is 0 Å². The third kappa shape index (κ3) is 3.87. The summed E-state index contributed by atoms with van der Waals surface area (Å²) >= 11 is 4.98. The molecule has 2 N–H and O–H groups in total. The van der Waals surface area contributed by atoms with Crippen LogP contribution in [-0.2, 0) is 6.54 Å². The maximum atomic E-state index is 11.6. The molecule has 2 aromatic rings. The molecule has 2 amide bonds. The molecule has 0 fully saturated rings. The summed E-state index contributed by atoms with van der Waals surface area (Å²) in [7, 11) is 0. The number of anilines is 1. The molecular formula is C12H11BrN2OS. The number of carbonyl (C=O) groups is 1. The second-order valence-corrected chi connectivity index (χ2v) is 5.32. The van der Waals surface area contributed by atoms with E-state index >= 15 is 0 Å². The van der Waals surface area contributed by atoms with Crippen molar-refractivity contribution in [1.29, 1.82) is 0 Å². The van der Waals surface area contributed by atoms with Gasteiger partial charge < -0.3 is 10.6 Å². The number of hydrogen-bond donors (Lipinski definition) is 2. The van der Waals surface area contributed by atoms with Crippen LogP contribution in [0.4, 0.5) is 10.5 Å². The molecular weight excluding hydrogens is 300 g/mol. The average Bonchev–Trinajstić information content (AvgIpc) is 2.74. The van der Waals surface area contributed by atoms with E-state index in [2.05, 4.69) is 26.6 Å². The highest BCUT2D eigenvalue weighted by molar-refractivity contribution is 9.10. The molecule has 0 atom stereocenters. The highest BCUT2D eigenvalue weighted by Gasteiger charge is 2.02. The number of nitrogens with one attached hydrogen (secondary N) is 2. The van der Waals surface area contributed by atoms with Gasteiger partial charge in [0.15, 0.2) is 0 Å². The van der Waals surface area contributed by atoms with Crippen LogP contribution in [-0.4, -0.2) is 6.03 Å². The Kier molecular flexibility index (Phi) is 4.17. The summed E-state index contributed by atoms with van der Waals surface area (Å²) in [4.78, 5) is 12.7. The Hall–Kier alpha value is -1.33. The molecule has 0 saturated carbocycles. The Morgan fingerprint density at radius 3 is 2.71 bits per heavy atom. The second kappa shape index (κ2) is 5.84. The van der Waals surface area contributed by atoms with E-state index in [1.807, 2.05) is 41.8 Å². The molecule has 17 heavy (non-hydrogen) atoms. The molecule has 1 aromatic heterocycles. The monoisotopic (exact) mass is 310 g/mol. The van der Waals surface area contributed by atoms with Gasteiger partial charge in [-0.15, -0.1) is 11.3 Å². The van der Waals surface area contributed by atoms with Crippen molar-refractivity contribution in [2.24, 2.45) is 0 Å². The van der Waals surface area contributed by atoms with Crippen LogP contribution in [0.3, 0.4) is 0 Å². The number of hydrogen-bond acceptors (Lipinski definition) is 2. The van der Waals surface area contributed by atoms with Crippen molar-refractivity contribution in [3.05, 3.63) is 51.1 Å². The zero-order valence-electron chi connectivity index (χ0n) is 8.94. The predicted molar refractivity (Wildman–Crippen MR) is 74.3 cm³/mol. The lowest BCUT2D eigenvalue weighted by Crippen LogP contribution is -2.27. The number of carbonyl (C=O) groups excluding carboxylic acids is 1. The van der Waals surface area contributed by atoms with Gasteiger partial charge in [-0.2, -0.15) is 0 Å². The summed E-state index contributed by atoms with van der Waals surface area (Å²) in [5, 5.41) is 7.55. The van der Waals surface area contributed by atoms with Crippen LogP contribution in [0.5, 0.6) is 0 Å². The van der Waals surface area contributed by atoms with E-state index < -0.39 is 0 Å². The first-order valence-electron chi connectivity index (χ1n) is 5.07. The largest absolute Gasteiger partial charge is 0.333 e. The van der Waals surface area contributed by atoms with E-state index in [1.54, 1.807) is 11.3 Å². The molecule has 0 aliphatic rings. The van der Waals surface area contributed by atoms with Gasteiger partial charge in [0.2, 0.25) is 0 Å². The Labute approximate surface area is 112 Å². The summed E-state index contributed by atoms with van der Waals surface area (Å²) in [6.45, 7) is 0.537. The molecule has 0 unspecified atom stereocenters. The first-order chi connectivity index (χ1) is 8.24. The van der Waals surface area contributed by atoms with Crippen molar-refractivity contribution in [1.82, 2.24) is 5.32 Å². The van der Waals surface area contributed by atoms with Gasteiger partial charge >= 0.3 is 6.03 Å². The number of urea groups is 1. The maximum Gasteiger partial charge on any atom is 0.319 e. The summed E-state index contributed by atoms with van der Waals surface area (Å²) in [5.74, 6) is 0. The standard InChI is InChI=1S/C12H11BrN2OS/c13-9-6-11(17-8-9)7-14-12(16)15-10-4-2-1-3-5-10/h1-6,8H,7H2,(H2,14,15,16). The van der Waals surface area contributed by atoms with Gasteiger partial charge in [0, 0.05) is 20.4 Å². The predicted octanol–water partition coefficient (Wildman–Crippen LogP) is 3.83. The molecule has 2 rings (SSSR count). The lowest BCUT2D eigenvalue weighted by Gasteiger charge is -2.06. The molecule has 0 radical (unpaired) electrons. The van der Waals surface area contributed by atoms with Crippen molar-refractivity contribution in [2.45, 2.75) is 6.54 Å². The number of para-hydroxylation sites is 1. The third-order valence-electron chi connectivity index (χ3n) is 2.08. The topological polar surface area (TPSA) is 41.1 Å². The van der Waals surface area contributed by atoms with Crippen molar-refractivity contribution in [3.63, 3.8) is 0 Å². The number of halogens is 1. The van der Waals surface area contributed by atoms with Crippen LogP contribution in [0, 0.1) is 0 Å². The third-order valence-corrected chi connectivity index (χ3v) is 3.77. The summed E-state index contributed by atoms with van der Waals surface area (Å²) in [5.41, 5.74) is 0.789. The summed E-state index contributed by atoms with van der Waals surface area (Å²) in [6.07, 6.45) is 0. The van der Waals surface area contributed by atoms with E-state index in [0.717, 1.165) is 15.0 Å². The quantitative estimate of drug-likeness (QED) is 0.888. The van der Waals surface area contributed by atoms with Crippen LogP contribution in [0.2, 0.25) is 0 Å². The van der Waals surface area contributed by atoms with E-state index in [9.17, 15) is 4.79 Å². The molecule has 0 aliphatic heterocycles. The van der Waals surface area contributed by atoms with Gasteiger partial charge in [-0.25, -0.2) is 4.79 Å². The lowest BCUT2D eigenvalue weighted by atomic mass is 10.3. The van der Waals surface area contributed by atoms with Crippen LogP contribution in [0.25, 0.3) is 0 Å². The molecule has 0 spiro atoms. The van der Waals surface area contributed by atoms with Crippen LogP contribution < -0.4 is 10.6 Å². The first kappa shape index (κ1) is 12.1. The van der Waals surface area contributed by atoms with Gasteiger partial charge in [0.1, 0.15) is 0 Å². The van der Waals surface area contributed by atoms with E-state index in [0.29, 0.717) is 6.54 Å². The SMILES string of the molecule is O=C(NCc1cc(Br)cs1)Nc1ccccc1. The van der Waals surface area contributed by atoms with Crippen molar-refractivity contribution >= 4 is 39.0 Å². The van der Waals surface area contributed by atoms with Crippen LogP contribution >= 0.6 is 27.3 Å². The molecule has 88 valence electrons. The zero-order chi connectivity index (χ0) is 12.1. The normalized spacial score (nSPS) is 9.94. The minimum absolute atomic E-state index is 0.194. The molecule has 1 aromatic carbocycles. The number of benzene rings is 1. The van der Waals surface area contributed by atoms with Gasteiger partial charge in [0.25, 0.3) is 0 Å². The highest BCUT2D eigenvalue weighted by Crippen LogP contribution is 2.19. The maximum absolute atomic E-state index is 11.6. The minimum atomic E-state index is -0.194. The smallest absolute Gasteiger partial charge is 0.319 e. The number of thiophene rings is 1. The zero-order valence-corrected chi connectivity index (χ0v) is 11.3. The molecule has 0 saturated heterocycles. The Balaban J connectivity index is 1.82. The van der Waals surface area contributed by atoms with Gasteiger partial charge in [0.05, 0.1) is 6.54 Å². The fraction of sp³-hybridized carbons (Fsp3) is 0.0833. The number of amides is 2. The first-order valence-corrected chi connectivity index (χ1v) is 6.74. The fourth-order valence-electron chi connectivity index (χ4n) is 1.31. The van der Waals surface area contributed by atoms with Crippen molar-refractivity contribution in [2.75, 3.05) is 5.32 Å². The van der Waals surface area contributed by atoms with E-state index in [1.165, 1.54) is 0 Å². The van der Waals surface area contributed by atoms with Crippen LogP contribution in [0.1, 0.15) is 4.88 Å². The Morgan fingerprint density at radius 1 is 1.29 bits per heavy atom. The average molecular weight is 311 g/mol. The van der Waals surface area contributed by atoms with E-state index in [-0.39, 0.29) is 6.03 Å². The molecule has 0 bridgehead atoms. The van der Waals surface area contributed by atoms with Crippen LogP contribution in [0.15, 0.2) is 46.3 Å². The summed E-state index contributed by atoms with van der Waals surface area (Å²) in [6, 6.07) is 11.2. The lowest BCUT2D eigenvalue weighted by molar-refractivity contribution is 0.252. The fourth-order valence-corrected chi connectivity index (χ4v) is 2.70. The molecule has 5 heteroatoms. The Morgan fingerprint density at radius 2 is 2.06 bits per heavy atom. The van der Waals surface area contributed by atoms with Gasteiger partial charge in [-0.05, 0) is 34.1 Å².